The highest BCUT2D eigenvalue weighted by Crippen LogP contribution is 2.26. The van der Waals surface area contributed by atoms with Crippen LogP contribution in [0, 0.1) is 0 Å². The molecule has 0 N–H and O–H groups in total. The highest BCUT2D eigenvalue weighted by molar-refractivity contribution is 5.88. The molecule has 2 heterocycles. The summed E-state index contributed by atoms with van der Waals surface area (Å²) >= 11 is 0. The maximum atomic E-state index is 13.2. The predicted octanol–water partition coefficient (Wildman–Crippen LogP) is 4.65. The molecule has 0 spiro atoms. The molecule has 0 fully saturated rings. The van der Waals surface area contributed by atoms with Crippen molar-refractivity contribution in [3.8, 4) is 11.4 Å². The second-order valence-corrected chi connectivity index (χ2v) is 8.07. The van der Waals surface area contributed by atoms with Crippen LogP contribution in [0.4, 0.5) is 0 Å². The number of allylic oxidation sites excluding steroid dienone is 1. The number of nitrogens with zero attached hydrogens (tertiary/aromatic N) is 2. The Hall–Kier alpha value is -3.47. The van der Waals surface area contributed by atoms with E-state index in [1.54, 1.807) is 30.3 Å². The van der Waals surface area contributed by atoms with E-state index >= 15 is 0 Å². The first-order chi connectivity index (χ1) is 13.8. The molecule has 0 saturated carbocycles. The van der Waals surface area contributed by atoms with Crippen molar-refractivity contribution in [2.45, 2.75) is 32.7 Å². The fraction of sp³-hybridized carbons (Fsp3) is 0.208. The molecule has 0 atom stereocenters. The Morgan fingerprint density at radius 3 is 2.41 bits per heavy atom. The maximum absolute atomic E-state index is 13.2. The molecule has 0 radical (unpaired) electrons. The minimum atomic E-state index is -0.427. The van der Waals surface area contributed by atoms with E-state index < -0.39 is 5.56 Å². The molecule has 0 aliphatic heterocycles. The number of para-hydroxylation sites is 1. The summed E-state index contributed by atoms with van der Waals surface area (Å²) in [6.07, 6.45) is 1.62. The van der Waals surface area contributed by atoms with Crippen LogP contribution in [-0.2, 0) is 12.0 Å². The summed E-state index contributed by atoms with van der Waals surface area (Å²) in [6, 6.07) is 14.8. The van der Waals surface area contributed by atoms with Gasteiger partial charge in [0.1, 0.15) is 11.4 Å². The highest BCUT2D eigenvalue weighted by Gasteiger charge is 2.19. The van der Waals surface area contributed by atoms with Crippen LogP contribution in [0.3, 0.4) is 0 Å². The Morgan fingerprint density at radius 2 is 1.76 bits per heavy atom. The minimum absolute atomic E-state index is 0.0157. The number of hydrogen-bond donors (Lipinski definition) is 0. The lowest BCUT2D eigenvalue weighted by Gasteiger charge is -2.19. The third-order valence-corrected chi connectivity index (χ3v) is 5.02. The van der Waals surface area contributed by atoms with Gasteiger partial charge in [0.15, 0.2) is 5.39 Å². The Bertz CT molecular complexity index is 1350. The molecule has 0 aliphatic rings. The van der Waals surface area contributed by atoms with Gasteiger partial charge in [0.05, 0.1) is 5.39 Å². The van der Waals surface area contributed by atoms with E-state index in [1.807, 2.05) is 24.3 Å². The third-order valence-electron chi connectivity index (χ3n) is 5.02. The minimum Gasteiger partial charge on any atom is -0.437 e. The molecule has 5 heteroatoms. The zero-order chi connectivity index (χ0) is 20.8. The number of fused-ring (bicyclic) bond motifs is 2. The summed E-state index contributed by atoms with van der Waals surface area (Å²) in [5.74, 6) is 0.446. The lowest BCUT2D eigenvalue weighted by molar-refractivity contribution is 0.590. The molecule has 0 amide bonds. The van der Waals surface area contributed by atoms with Gasteiger partial charge < -0.3 is 4.42 Å². The number of rotatable bonds is 3. The van der Waals surface area contributed by atoms with Gasteiger partial charge in [0, 0.05) is 12.1 Å². The van der Waals surface area contributed by atoms with Crippen molar-refractivity contribution in [2.75, 3.05) is 0 Å². The van der Waals surface area contributed by atoms with E-state index in [0.29, 0.717) is 16.8 Å². The third kappa shape index (κ3) is 3.18. The summed E-state index contributed by atoms with van der Waals surface area (Å²) < 4.78 is 7.30. The van der Waals surface area contributed by atoms with Crippen molar-refractivity contribution in [3.63, 3.8) is 0 Å². The summed E-state index contributed by atoms with van der Waals surface area (Å²) in [5, 5.41) is 0.326. The lowest BCUT2D eigenvalue weighted by Crippen LogP contribution is -2.27. The van der Waals surface area contributed by atoms with Gasteiger partial charge in [0.25, 0.3) is 5.56 Å². The van der Waals surface area contributed by atoms with Crippen molar-refractivity contribution < 1.29 is 4.42 Å². The first-order valence-corrected chi connectivity index (χ1v) is 9.49. The molecule has 2 aromatic carbocycles. The maximum Gasteiger partial charge on any atom is 0.269 e. The molecule has 4 rings (SSSR count). The Balaban J connectivity index is 2.04. The quantitative estimate of drug-likeness (QED) is 0.380. The topological polar surface area (TPSA) is 65.1 Å². The average Bonchev–Trinajstić information content (AvgIpc) is 2.69. The largest absolute Gasteiger partial charge is 0.437 e. The van der Waals surface area contributed by atoms with Crippen LogP contribution in [0.5, 0.6) is 0 Å². The molecular formula is C24H22N2O3. The van der Waals surface area contributed by atoms with Gasteiger partial charge in [-0.1, -0.05) is 63.2 Å². The molecule has 0 unspecified atom stereocenters. The van der Waals surface area contributed by atoms with Crippen LogP contribution in [0.2, 0.25) is 0 Å². The number of benzene rings is 2. The van der Waals surface area contributed by atoms with Gasteiger partial charge in [-0.25, -0.2) is 0 Å². The molecule has 0 bridgehead atoms. The van der Waals surface area contributed by atoms with Crippen LogP contribution < -0.4 is 11.0 Å². The lowest BCUT2D eigenvalue weighted by atomic mass is 9.86. The van der Waals surface area contributed by atoms with Crippen molar-refractivity contribution in [1.29, 1.82) is 0 Å². The highest BCUT2D eigenvalue weighted by atomic mass is 16.3. The normalized spacial score (nSPS) is 11.8. The van der Waals surface area contributed by atoms with E-state index in [-0.39, 0.29) is 28.5 Å². The molecule has 5 nitrogen and oxygen atoms in total. The number of hydrogen-bond acceptors (Lipinski definition) is 4. The number of aromatic nitrogens is 2. The van der Waals surface area contributed by atoms with Crippen LogP contribution >= 0.6 is 0 Å². The molecule has 0 saturated heterocycles. The standard InChI is InChI=1S/C24H22N2O3/c1-5-14-26-21(15-10-12-16(13-11-15)24(2,3)4)25-22-19(23(26)28)20(27)17-8-6-7-9-18(17)29-22/h5-13H,1,14H2,2-4H3. The molecule has 0 aliphatic carbocycles. The van der Waals surface area contributed by atoms with Crippen LogP contribution in [0.15, 0.2) is 75.2 Å². The monoisotopic (exact) mass is 386 g/mol. The van der Waals surface area contributed by atoms with Gasteiger partial charge in [-0.05, 0) is 23.1 Å². The Labute approximate surface area is 167 Å². The first kappa shape index (κ1) is 18.9. The molecule has 29 heavy (non-hydrogen) atoms. The Kier molecular flexibility index (Phi) is 4.46. The average molecular weight is 386 g/mol. The Morgan fingerprint density at radius 1 is 1.07 bits per heavy atom. The van der Waals surface area contributed by atoms with Gasteiger partial charge in [-0.3, -0.25) is 14.2 Å². The second kappa shape index (κ2) is 6.85. The smallest absolute Gasteiger partial charge is 0.269 e. The summed E-state index contributed by atoms with van der Waals surface area (Å²) in [6.45, 7) is 10.4. The SMILES string of the molecule is C=CCn1c(-c2ccc(C(C)(C)C)cc2)nc2oc3ccccc3c(=O)c2c1=O. The van der Waals surface area contributed by atoms with E-state index in [1.165, 1.54) is 10.1 Å². The van der Waals surface area contributed by atoms with E-state index in [2.05, 4.69) is 32.3 Å². The van der Waals surface area contributed by atoms with Gasteiger partial charge in [0.2, 0.25) is 11.1 Å². The van der Waals surface area contributed by atoms with Crippen molar-refractivity contribution >= 4 is 22.1 Å². The fourth-order valence-electron chi connectivity index (χ4n) is 3.42. The summed E-state index contributed by atoms with van der Waals surface area (Å²) in [5.41, 5.74) is 1.63. The second-order valence-electron chi connectivity index (χ2n) is 8.07. The fourth-order valence-corrected chi connectivity index (χ4v) is 3.42. The van der Waals surface area contributed by atoms with Gasteiger partial charge >= 0.3 is 0 Å². The van der Waals surface area contributed by atoms with E-state index in [0.717, 1.165) is 5.56 Å². The van der Waals surface area contributed by atoms with Gasteiger partial charge in [-0.2, -0.15) is 4.98 Å². The molecule has 146 valence electrons. The summed E-state index contributed by atoms with van der Waals surface area (Å²) in [4.78, 5) is 30.7. The zero-order valence-corrected chi connectivity index (χ0v) is 16.7. The first-order valence-electron chi connectivity index (χ1n) is 9.49. The van der Waals surface area contributed by atoms with Crippen LogP contribution in [0.1, 0.15) is 26.3 Å². The van der Waals surface area contributed by atoms with E-state index in [9.17, 15) is 9.59 Å². The van der Waals surface area contributed by atoms with Crippen molar-refractivity contribution in [2.24, 2.45) is 0 Å². The molecule has 4 aromatic rings. The molecule has 2 aromatic heterocycles. The molecular weight excluding hydrogens is 364 g/mol. The van der Waals surface area contributed by atoms with Crippen LogP contribution in [0.25, 0.3) is 33.5 Å². The van der Waals surface area contributed by atoms with Crippen molar-refractivity contribution in [3.05, 3.63) is 87.3 Å². The van der Waals surface area contributed by atoms with Crippen molar-refractivity contribution in [1.82, 2.24) is 9.55 Å². The zero-order valence-electron chi connectivity index (χ0n) is 16.7. The predicted molar refractivity (Wildman–Crippen MR) is 116 cm³/mol. The van der Waals surface area contributed by atoms with Gasteiger partial charge in [-0.15, -0.1) is 6.58 Å². The van der Waals surface area contributed by atoms with Crippen LogP contribution in [-0.4, -0.2) is 9.55 Å². The summed E-state index contributed by atoms with van der Waals surface area (Å²) in [7, 11) is 0. The van der Waals surface area contributed by atoms with E-state index in [4.69, 9.17) is 4.42 Å².